The topological polar surface area (TPSA) is 56.6 Å². The van der Waals surface area contributed by atoms with Crippen molar-refractivity contribution < 1.29 is 9.53 Å². The fourth-order valence-electron chi connectivity index (χ4n) is 2.22. The number of piperazine rings is 1. The van der Waals surface area contributed by atoms with Crippen LogP contribution in [0.25, 0.3) is 0 Å². The maximum Gasteiger partial charge on any atom is 0.409 e. The second-order valence-corrected chi connectivity index (χ2v) is 5.60. The van der Waals surface area contributed by atoms with Gasteiger partial charge in [0.15, 0.2) is 0 Å². The van der Waals surface area contributed by atoms with Crippen LogP contribution in [0.3, 0.4) is 0 Å². The van der Waals surface area contributed by atoms with Crippen LogP contribution in [0.1, 0.15) is 19.4 Å². The summed E-state index contributed by atoms with van der Waals surface area (Å²) in [4.78, 5) is 15.8. The Morgan fingerprint density at radius 2 is 1.86 bits per heavy atom. The number of rotatable bonds is 3. The maximum atomic E-state index is 11.9. The molecule has 5 nitrogen and oxygen atoms in total. The van der Waals surface area contributed by atoms with E-state index in [9.17, 15) is 4.79 Å². The average molecular weight is 287 g/mol. The summed E-state index contributed by atoms with van der Waals surface area (Å²) in [6.45, 7) is 7.40. The Balaban J connectivity index is 1.85. The van der Waals surface area contributed by atoms with Gasteiger partial charge in [-0.1, -0.05) is 13.8 Å². The smallest absolute Gasteiger partial charge is 0.409 e. The van der Waals surface area contributed by atoms with Gasteiger partial charge in [0.25, 0.3) is 0 Å². The lowest BCUT2D eigenvalue weighted by atomic mass is 10.2. The molecular weight excluding hydrogens is 266 g/mol. The van der Waals surface area contributed by atoms with Gasteiger partial charge >= 0.3 is 6.09 Å². The van der Waals surface area contributed by atoms with Crippen molar-refractivity contribution in [3.8, 4) is 6.07 Å². The fourth-order valence-corrected chi connectivity index (χ4v) is 2.22. The molecule has 0 spiro atoms. The van der Waals surface area contributed by atoms with E-state index in [-0.39, 0.29) is 6.09 Å². The first-order valence-electron chi connectivity index (χ1n) is 7.27. The van der Waals surface area contributed by atoms with Crippen LogP contribution in [0.2, 0.25) is 0 Å². The molecule has 1 aliphatic heterocycles. The summed E-state index contributed by atoms with van der Waals surface area (Å²) in [5.74, 6) is 0.355. The molecule has 0 unspecified atom stereocenters. The summed E-state index contributed by atoms with van der Waals surface area (Å²) in [5.41, 5.74) is 1.75. The highest BCUT2D eigenvalue weighted by Gasteiger charge is 2.22. The van der Waals surface area contributed by atoms with Gasteiger partial charge in [0.2, 0.25) is 0 Å². The molecule has 0 bridgehead atoms. The minimum absolute atomic E-state index is 0.219. The molecule has 5 heteroatoms. The molecule has 1 amide bonds. The molecule has 0 aliphatic carbocycles. The molecule has 1 aromatic carbocycles. The number of carbonyl (C=O) groups excluding carboxylic acids is 1. The molecule has 0 radical (unpaired) electrons. The summed E-state index contributed by atoms with van der Waals surface area (Å²) in [7, 11) is 0. The van der Waals surface area contributed by atoms with Gasteiger partial charge in [-0.3, -0.25) is 0 Å². The van der Waals surface area contributed by atoms with Crippen LogP contribution in [0.15, 0.2) is 24.3 Å². The third-order valence-electron chi connectivity index (χ3n) is 3.44. The summed E-state index contributed by atoms with van der Waals surface area (Å²) < 4.78 is 5.25. The van der Waals surface area contributed by atoms with Gasteiger partial charge in [-0.25, -0.2) is 4.79 Å². The quantitative estimate of drug-likeness (QED) is 0.857. The molecule has 1 aromatic rings. The van der Waals surface area contributed by atoms with E-state index < -0.39 is 0 Å². The van der Waals surface area contributed by atoms with Crippen molar-refractivity contribution in [3.05, 3.63) is 29.8 Å². The summed E-state index contributed by atoms with van der Waals surface area (Å²) in [6, 6.07) is 9.65. The van der Waals surface area contributed by atoms with Crippen molar-refractivity contribution in [2.75, 3.05) is 37.7 Å². The lowest BCUT2D eigenvalue weighted by molar-refractivity contribution is 0.0901. The Morgan fingerprint density at radius 1 is 1.24 bits per heavy atom. The normalized spacial score (nSPS) is 15.0. The van der Waals surface area contributed by atoms with Crippen molar-refractivity contribution in [1.29, 1.82) is 5.26 Å². The van der Waals surface area contributed by atoms with Crippen molar-refractivity contribution in [3.63, 3.8) is 0 Å². The van der Waals surface area contributed by atoms with Gasteiger partial charge < -0.3 is 14.5 Å². The molecular formula is C16H21N3O2. The number of hydrogen-bond acceptors (Lipinski definition) is 4. The van der Waals surface area contributed by atoms with Crippen LogP contribution < -0.4 is 4.90 Å². The first kappa shape index (κ1) is 15.2. The molecule has 0 atom stereocenters. The fraction of sp³-hybridized carbons (Fsp3) is 0.500. The molecule has 2 rings (SSSR count). The Morgan fingerprint density at radius 3 is 2.38 bits per heavy atom. The Kier molecular flexibility index (Phi) is 5.04. The molecule has 1 heterocycles. The molecule has 0 saturated carbocycles. The van der Waals surface area contributed by atoms with E-state index in [0.29, 0.717) is 31.2 Å². The number of hydrogen-bond donors (Lipinski definition) is 0. The highest BCUT2D eigenvalue weighted by Crippen LogP contribution is 2.17. The predicted molar refractivity (Wildman–Crippen MR) is 81.1 cm³/mol. The zero-order chi connectivity index (χ0) is 15.2. The third kappa shape index (κ3) is 4.12. The highest BCUT2D eigenvalue weighted by molar-refractivity contribution is 5.68. The van der Waals surface area contributed by atoms with Crippen molar-refractivity contribution in [1.82, 2.24) is 4.90 Å². The SMILES string of the molecule is CC(C)COC(=O)N1CCN(c2ccc(C#N)cc2)CC1. The Bertz CT molecular complexity index is 511. The van der Waals surface area contributed by atoms with Crippen molar-refractivity contribution >= 4 is 11.8 Å². The van der Waals surface area contributed by atoms with Gasteiger partial charge in [-0.2, -0.15) is 5.26 Å². The van der Waals surface area contributed by atoms with Gasteiger partial charge in [0.1, 0.15) is 0 Å². The van der Waals surface area contributed by atoms with Gasteiger partial charge in [-0.05, 0) is 30.2 Å². The molecule has 112 valence electrons. The second kappa shape index (κ2) is 6.98. The number of ether oxygens (including phenoxy) is 1. The Labute approximate surface area is 125 Å². The lowest BCUT2D eigenvalue weighted by Crippen LogP contribution is -2.49. The van der Waals surface area contributed by atoms with Gasteiger partial charge in [0.05, 0.1) is 18.2 Å². The standard InChI is InChI=1S/C16H21N3O2/c1-13(2)12-21-16(20)19-9-7-18(8-10-19)15-5-3-14(11-17)4-6-15/h3-6,13H,7-10,12H2,1-2H3. The van der Waals surface area contributed by atoms with E-state index in [0.717, 1.165) is 18.8 Å². The van der Waals surface area contributed by atoms with E-state index in [1.54, 1.807) is 4.90 Å². The van der Waals surface area contributed by atoms with E-state index in [1.165, 1.54) is 0 Å². The van der Waals surface area contributed by atoms with Crippen LogP contribution in [0, 0.1) is 17.2 Å². The van der Waals surface area contributed by atoms with Gasteiger partial charge in [0, 0.05) is 31.9 Å². The third-order valence-corrected chi connectivity index (χ3v) is 3.44. The van der Waals surface area contributed by atoms with Crippen LogP contribution in [0.4, 0.5) is 10.5 Å². The lowest BCUT2D eigenvalue weighted by Gasteiger charge is -2.35. The first-order valence-corrected chi connectivity index (χ1v) is 7.27. The summed E-state index contributed by atoms with van der Waals surface area (Å²) in [6.07, 6.45) is -0.219. The van der Waals surface area contributed by atoms with Crippen LogP contribution in [-0.2, 0) is 4.74 Å². The number of nitrogens with zero attached hydrogens (tertiary/aromatic N) is 3. The van der Waals surface area contributed by atoms with E-state index in [2.05, 4.69) is 11.0 Å². The van der Waals surface area contributed by atoms with E-state index in [4.69, 9.17) is 10.00 Å². The molecule has 1 aliphatic rings. The number of amides is 1. The molecule has 0 aromatic heterocycles. The van der Waals surface area contributed by atoms with Crippen LogP contribution >= 0.6 is 0 Å². The van der Waals surface area contributed by atoms with Crippen LogP contribution in [-0.4, -0.2) is 43.8 Å². The zero-order valence-electron chi connectivity index (χ0n) is 12.6. The van der Waals surface area contributed by atoms with Crippen molar-refractivity contribution in [2.45, 2.75) is 13.8 Å². The van der Waals surface area contributed by atoms with E-state index in [1.807, 2.05) is 38.1 Å². The van der Waals surface area contributed by atoms with Crippen molar-refractivity contribution in [2.24, 2.45) is 5.92 Å². The van der Waals surface area contributed by atoms with Gasteiger partial charge in [-0.15, -0.1) is 0 Å². The maximum absolute atomic E-state index is 11.9. The minimum atomic E-state index is -0.219. The molecule has 1 fully saturated rings. The monoisotopic (exact) mass is 287 g/mol. The number of anilines is 1. The highest BCUT2D eigenvalue weighted by atomic mass is 16.6. The van der Waals surface area contributed by atoms with Crippen LogP contribution in [0.5, 0.6) is 0 Å². The Hall–Kier alpha value is -2.22. The number of benzene rings is 1. The largest absolute Gasteiger partial charge is 0.449 e. The zero-order valence-corrected chi connectivity index (χ0v) is 12.6. The summed E-state index contributed by atoms with van der Waals surface area (Å²) in [5, 5.41) is 8.80. The first-order chi connectivity index (χ1) is 10.1. The molecule has 0 N–H and O–H groups in total. The van der Waals surface area contributed by atoms with E-state index >= 15 is 0 Å². The average Bonchev–Trinajstić information content (AvgIpc) is 2.53. The molecule has 21 heavy (non-hydrogen) atoms. The minimum Gasteiger partial charge on any atom is -0.449 e. The second-order valence-electron chi connectivity index (χ2n) is 5.60. The number of nitriles is 1. The number of carbonyl (C=O) groups is 1. The predicted octanol–water partition coefficient (Wildman–Crippen LogP) is 2.47. The molecule has 1 saturated heterocycles. The summed E-state index contributed by atoms with van der Waals surface area (Å²) >= 11 is 0.